The third-order valence-corrected chi connectivity index (χ3v) is 4.23. The van der Waals surface area contributed by atoms with Crippen molar-refractivity contribution in [3.8, 4) is 11.5 Å². The van der Waals surface area contributed by atoms with E-state index in [-0.39, 0.29) is 24.9 Å². The molecule has 0 atom stereocenters. The van der Waals surface area contributed by atoms with Gasteiger partial charge in [0.25, 0.3) is 0 Å². The zero-order valence-corrected chi connectivity index (χ0v) is 15.5. The number of anilines is 2. The largest absolute Gasteiger partial charge is 0.495 e. The maximum Gasteiger partial charge on any atom is 0.243 e. The fraction of sp³-hybridized carbons (Fsp3) is 0.300. The lowest BCUT2D eigenvalue weighted by atomic mass is 10.2. The minimum atomic E-state index is -0.311. The van der Waals surface area contributed by atoms with Gasteiger partial charge >= 0.3 is 0 Å². The number of hydrogen-bond acceptors (Lipinski definition) is 5. The van der Waals surface area contributed by atoms with E-state index in [2.05, 4.69) is 10.6 Å². The molecule has 2 aromatic carbocycles. The second kappa shape index (κ2) is 8.44. The van der Waals surface area contributed by atoms with E-state index in [9.17, 15) is 9.59 Å². The van der Waals surface area contributed by atoms with Gasteiger partial charge in [-0.05, 0) is 36.8 Å². The summed E-state index contributed by atoms with van der Waals surface area (Å²) < 4.78 is 10.8. The van der Waals surface area contributed by atoms with Crippen LogP contribution in [0.25, 0.3) is 0 Å². The van der Waals surface area contributed by atoms with Gasteiger partial charge in [-0.1, -0.05) is 18.2 Å². The molecule has 3 rings (SSSR count). The Morgan fingerprint density at radius 3 is 2.81 bits per heavy atom. The minimum Gasteiger partial charge on any atom is -0.495 e. The van der Waals surface area contributed by atoms with Crippen LogP contribution in [0.15, 0.2) is 42.5 Å². The molecule has 0 aliphatic carbocycles. The molecule has 0 fully saturated rings. The fourth-order valence-electron chi connectivity index (χ4n) is 2.91. The average molecular weight is 369 g/mol. The van der Waals surface area contributed by atoms with Gasteiger partial charge in [-0.3, -0.25) is 9.59 Å². The van der Waals surface area contributed by atoms with E-state index in [0.29, 0.717) is 24.6 Å². The zero-order valence-electron chi connectivity index (χ0n) is 15.5. The molecule has 0 unspecified atom stereocenters. The highest BCUT2D eigenvalue weighted by Gasteiger charge is 2.20. The molecule has 27 heavy (non-hydrogen) atoms. The van der Waals surface area contributed by atoms with Crippen molar-refractivity contribution in [1.82, 2.24) is 5.32 Å². The molecule has 1 heterocycles. The summed E-state index contributed by atoms with van der Waals surface area (Å²) in [5.74, 6) is 0.804. The SMILES string of the molecule is COc1ccc(C)cc1NC(=O)CNC(=O)CN1CCOc2ccccc21. The van der Waals surface area contributed by atoms with Crippen molar-refractivity contribution < 1.29 is 19.1 Å². The van der Waals surface area contributed by atoms with Crippen LogP contribution in [0, 0.1) is 6.92 Å². The zero-order chi connectivity index (χ0) is 19.2. The molecule has 7 heteroatoms. The van der Waals surface area contributed by atoms with Crippen molar-refractivity contribution in [2.75, 3.05) is 43.6 Å². The summed E-state index contributed by atoms with van der Waals surface area (Å²) >= 11 is 0. The highest BCUT2D eigenvalue weighted by atomic mass is 16.5. The number of carbonyl (C=O) groups is 2. The van der Waals surface area contributed by atoms with Crippen LogP contribution in [0.2, 0.25) is 0 Å². The van der Waals surface area contributed by atoms with Crippen LogP contribution in [0.1, 0.15) is 5.56 Å². The molecule has 0 radical (unpaired) electrons. The summed E-state index contributed by atoms with van der Waals surface area (Å²) in [6, 6.07) is 13.1. The molecule has 0 aromatic heterocycles. The van der Waals surface area contributed by atoms with Gasteiger partial charge in [-0.15, -0.1) is 0 Å². The maximum atomic E-state index is 12.3. The third kappa shape index (κ3) is 4.69. The molecule has 2 amide bonds. The highest BCUT2D eigenvalue weighted by Crippen LogP contribution is 2.30. The number of nitrogens with one attached hydrogen (secondary N) is 2. The molecule has 7 nitrogen and oxygen atoms in total. The van der Waals surface area contributed by atoms with E-state index in [0.717, 1.165) is 17.0 Å². The Labute approximate surface area is 158 Å². The van der Waals surface area contributed by atoms with Crippen molar-refractivity contribution in [3.05, 3.63) is 48.0 Å². The Kier molecular flexibility index (Phi) is 5.80. The third-order valence-electron chi connectivity index (χ3n) is 4.23. The number of hydrogen-bond donors (Lipinski definition) is 2. The Balaban J connectivity index is 1.53. The van der Waals surface area contributed by atoms with Gasteiger partial charge in [0.05, 0.1) is 38.1 Å². The molecule has 0 bridgehead atoms. The van der Waals surface area contributed by atoms with Gasteiger partial charge in [0, 0.05) is 0 Å². The Morgan fingerprint density at radius 2 is 2.00 bits per heavy atom. The Bertz CT molecular complexity index is 838. The molecule has 2 N–H and O–H groups in total. The predicted octanol–water partition coefficient (Wildman–Crippen LogP) is 1.96. The number of nitrogens with zero attached hydrogens (tertiary/aromatic N) is 1. The van der Waals surface area contributed by atoms with Crippen LogP contribution in [-0.4, -0.2) is 45.2 Å². The van der Waals surface area contributed by atoms with Crippen molar-refractivity contribution in [1.29, 1.82) is 0 Å². The molecular formula is C20H23N3O4. The summed E-state index contributed by atoms with van der Waals surface area (Å²) in [6.45, 7) is 3.13. The number of rotatable bonds is 6. The Morgan fingerprint density at radius 1 is 1.19 bits per heavy atom. The molecule has 142 valence electrons. The number of fused-ring (bicyclic) bond motifs is 1. The molecule has 2 aromatic rings. The quantitative estimate of drug-likeness (QED) is 0.814. The summed E-state index contributed by atoms with van der Waals surface area (Å²) in [4.78, 5) is 26.4. The molecule has 0 spiro atoms. The second-order valence-electron chi connectivity index (χ2n) is 6.27. The van der Waals surface area contributed by atoms with Gasteiger partial charge in [-0.2, -0.15) is 0 Å². The van der Waals surface area contributed by atoms with E-state index >= 15 is 0 Å². The summed E-state index contributed by atoms with van der Waals surface area (Å²) in [5, 5.41) is 5.42. The van der Waals surface area contributed by atoms with Gasteiger partial charge in [0.2, 0.25) is 11.8 Å². The maximum absolute atomic E-state index is 12.3. The van der Waals surface area contributed by atoms with Gasteiger partial charge in [-0.25, -0.2) is 0 Å². The molecule has 1 aliphatic heterocycles. The van der Waals surface area contributed by atoms with E-state index in [1.54, 1.807) is 13.2 Å². The number of ether oxygens (including phenoxy) is 2. The topological polar surface area (TPSA) is 79.9 Å². The van der Waals surface area contributed by atoms with Crippen LogP contribution in [0.5, 0.6) is 11.5 Å². The van der Waals surface area contributed by atoms with Gasteiger partial charge in [0.1, 0.15) is 18.1 Å². The summed E-state index contributed by atoms with van der Waals surface area (Å²) in [7, 11) is 1.54. The van der Waals surface area contributed by atoms with Crippen molar-refractivity contribution in [2.24, 2.45) is 0 Å². The van der Waals surface area contributed by atoms with Crippen molar-refractivity contribution >= 4 is 23.2 Å². The number of aryl methyl sites for hydroxylation is 1. The fourth-order valence-corrected chi connectivity index (χ4v) is 2.91. The summed E-state index contributed by atoms with van der Waals surface area (Å²) in [6.07, 6.45) is 0. The van der Waals surface area contributed by atoms with Gasteiger partial charge < -0.3 is 25.0 Å². The number of para-hydroxylation sites is 2. The number of benzene rings is 2. The summed E-state index contributed by atoms with van der Waals surface area (Å²) in [5.41, 5.74) is 2.47. The Hall–Kier alpha value is -3.22. The van der Waals surface area contributed by atoms with Crippen molar-refractivity contribution in [2.45, 2.75) is 6.92 Å². The molecule has 0 saturated heterocycles. The van der Waals surface area contributed by atoms with E-state index in [4.69, 9.17) is 9.47 Å². The average Bonchev–Trinajstić information content (AvgIpc) is 2.67. The number of amides is 2. The van der Waals surface area contributed by atoms with Gasteiger partial charge in [0.15, 0.2) is 0 Å². The van der Waals surface area contributed by atoms with Crippen LogP contribution < -0.4 is 25.0 Å². The lowest BCUT2D eigenvalue weighted by Gasteiger charge is -2.30. The van der Waals surface area contributed by atoms with Crippen molar-refractivity contribution in [3.63, 3.8) is 0 Å². The first kappa shape index (κ1) is 18.6. The first-order valence-electron chi connectivity index (χ1n) is 8.75. The number of methoxy groups -OCH3 is 1. The van der Waals surface area contributed by atoms with Crippen LogP contribution >= 0.6 is 0 Å². The van der Waals surface area contributed by atoms with Crippen LogP contribution in [0.4, 0.5) is 11.4 Å². The predicted molar refractivity (Wildman–Crippen MR) is 104 cm³/mol. The van der Waals surface area contributed by atoms with Crippen LogP contribution in [0.3, 0.4) is 0 Å². The molecule has 0 saturated carbocycles. The lowest BCUT2D eigenvalue weighted by molar-refractivity contribution is -0.123. The second-order valence-corrected chi connectivity index (χ2v) is 6.27. The normalized spacial score (nSPS) is 12.6. The van der Waals surface area contributed by atoms with E-state index in [1.165, 1.54) is 0 Å². The monoisotopic (exact) mass is 369 g/mol. The minimum absolute atomic E-state index is 0.109. The molecule has 1 aliphatic rings. The number of carbonyl (C=O) groups excluding carboxylic acids is 2. The smallest absolute Gasteiger partial charge is 0.243 e. The first-order valence-corrected chi connectivity index (χ1v) is 8.75. The molecular weight excluding hydrogens is 346 g/mol. The van der Waals surface area contributed by atoms with E-state index < -0.39 is 0 Å². The first-order chi connectivity index (χ1) is 13.1. The standard InChI is InChI=1S/C20H23N3O4/c1-14-7-8-17(26-2)15(11-14)22-19(24)12-21-20(25)13-23-9-10-27-18-6-4-3-5-16(18)23/h3-8,11H,9-10,12-13H2,1-2H3,(H,21,25)(H,22,24). The van der Waals surface area contributed by atoms with Crippen LogP contribution in [-0.2, 0) is 9.59 Å². The van der Waals surface area contributed by atoms with E-state index in [1.807, 2.05) is 48.2 Å². The lowest BCUT2D eigenvalue weighted by Crippen LogP contribution is -2.43. The highest BCUT2D eigenvalue weighted by molar-refractivity contribution is 5.96.